The van der Waals surface area contributed by atoms with Crippen molar-refractivity contribution in [2.24, 2.45) is 5.92 Å². The van der Waals surface area contributed by atoms with Crippen LogP contribution in [0.5, 0.6) is 0 Å². The first-order valence-electron chi connectivity index (χ1n) is 9.19. The van der Waals surface area contributed by atoms with E-state index < -0.39 is 40.5 Å². The zero-order chi connectivity index (χ0) is 21.9. The summed E-state index contributed by atoms with van der Waals surface area (Å²) in [6.45, 7) is 3.00. The monoisotopic (exact) mass is 431 g/mol. The van der Waals surface area contributed by atoms with Gasteiger partial charge in [0.1, 0.15) is 12.1 Å². The number of rotatable bonds is 14. The van der Waals surface area contributed by atoms with Crippen molar-refractivity contribution in [1.29, 1.82) is 0 Å². The molecular formula is C18H29N3O7S. The fourth-order valence-corrected chi connectivity index (χ4v) is 2.90. The molecule has 5 N–H and O–H groups in total. The van der Waals surface area contributed by atoms with Crippen molar-refractivity contribution in [1.82, 2.24) is 16.3 Å². The van der Waals surface area contributed by atoms with Gasteiger partial charge in [0.25, 0.3) is 10.1 Å². The number of hydrogen-bond donors (Lipinski definition) is 5. The zero-order valence-corrected chi connectivity index (χ0v) is 17.3. The molecule has 0 saturated carbocycles. The summed E-state index contributed by atoms with van der Waals surface area (Å²) in [7, 11) is -4.05. The second-order valence-electron chi connectivity index (χ2n) is 6.83. The Bertz CT molecular complexity index is 741. The van der Waals surface area contributed by atoms with Gasteiger partial charge in [0, 0.05) is 6.42 Å². The van der Waals surface area contributed by atoms with Gasteiger partial charge in [-0.1, -0.05) is 44.2 Å². The molecule has 1 aromatic rings. The summed E-state index contributed by atoms with van der Waals surface area (Å²) in [5, 5.41) is 12.0. The Balaban J connectivity index is 2.51. The van der Waals surface area contributed by atoms with Gasteiger partial charge in [0.05, 0.1) is 19.0 Å². The summed E-state index contributed by atoms with van der Waals surface area (Å²) in [5.74, 6) is -1.45. The molecule has 0 spiro atoms. The molecule has 0 aliphatic rings. The molecule has 0 bridgehead atoms. The first-order chi connectivity index (χ1) is 13.6. The fourth-order valence-electron chi connectivity index (χ4n) is 2.41. The van der Waals surface area contributed by atoms with E-state index in [1.54, 1.807) is 38.1 Å². The highest BCUT2D eigenvalue weighted by Gasteiger charge is 2.27. The average Bonchev–Trinajstić information content (AvgIpc) is 2.64. The highest BCUT2D eigenvalue weighted by molar-refractivity contribution is 7.85. The predicted molar refractivity (Wildman–Crippen MR) is 106 cm³/mol. The largest absolute Gasteiger partial charge is 0.394 e. The van der Waals surface area contributed by atoms with Crippen LogP contribution in [-0.4, -0.2) is 60.8 Å². The first-order valence-corrected chi connectivity index (χ1v) is 10.8. The van der Waals surface area contributed by atoms with Crippen molar-refractivity contribution in [3.63, 3.8) is 0 Å². The lowest BCUT2D eigenvalue weighted by Crippen LogP contribution is -2.56. The molecule has 11 heteroatoms. The number of benzene rings is 1. The number of Topliss-reactive ketones (excluding diaryl/α,β-unsaturated/α-hetero) is 1. The number of hydrogen-bond acceptors (Lipinski definition) is 8. The van der Waals surface area contributed by atoms with Crippen molar-refractivity contribution < 1.29 is 32.5 Å². The van der Waals surface area contributed by atoms with E-state index in [4.69, 9.17) is 9.39 Å². The normalized spacial score (nSPS) is 13.8. The molecule has 0 aromatic heterocycles. The Morgan fingerprint density at radius 1 is 1.17 bits per heavy atom. The lowest BCUT2D eigenvalue weighted by atomic mass is 10.0. The van der Waals surface area contributed by atoms with Gasteiger partial charge in [-0.3, -0.25) is 19.0 Å². The van der Waals surface area contributed by atoms with Crippen molar-refractivity contribution in [2.75, 3.05) is 19.0 Å². The second kappa shape index (κ2) is 12.6. The van der Waals surface area contributed by atoms with Crippen LogP contribution < -0.4 is 16.3 Å². The molecule has 0 saturated heterocycles. The molecule has 1 unspecified atom stereocenters. The molecule has 0 aliphatic carbocycles. The molecule has 2 atom stereocenters. The third kappa shape index (κ3) is 10.5. The van der Waals surface area contributed by atoms with Crippen LogP contribution in [-0.2, 0) is 31.0 Å². The number of ketones is 1. The van der Waals surface area contributed by atoms with E-state index in [0.29, 0.717) is 0 Å². The predicted octanol–water partition coefficient (Wildman–Crippen LogP) is -0.396. The van der Waals surface area contributed by atoms with Crippen LogP contribution in [0.1, 0.15) is 25.8 Å². The Morgan fingerprint density at radius 2 is 1.83 bits per heavy atom. The summed E-state index contributed by atoms with van der Waals surface area (Å²) in [6.07, 6.45) is 0.147. The Labute approximate surface area is 170 Å². The maximum Gasteiger partial charge on any atom is 0.264 e. The van der Waals surface area contributed by atoms with E-state index in [-0.39, 0.29) is 31.1 Å². The lowest BCUT2D eigenvalue weighted by Gasteiger charge is -2.24. The van der Waals surface area contributed by atoms with Crippen LogP contribution in [0.2, 0.25) is 0 Å². The van der Waals surface area contributed by atoms with Crippen LogP contribution in [0, 0.1) is 5.92 Å². The van der Waals surface area contributed by atoms with E-state index in [9.17, 15) is 23.1 Å². The maximum atomic E-state index is 12.5. The number of aliphatic hydroxyl groups excluding tert-OH is 1. The van der Waals surface area contributed by atoms with Crippen LogP contribution >= 0.6 is 0 Å². The first kappa shape index (κ1) is 25.1. The number of carbonyl (C=O) groups is 2. The van der Waals surface area contributed by atoms with Crippen LogP contribution in [0.4, 0.5) is 0 Å². The van der Waals surface area contributed by atoms with Crippen molar-refractivity contribution in [2.45, 2.75) is 38.8 Å². The number of aliphatic hydroxyl groups is 1. The van der Waals surface area contributed by atoms with Gasteiger partial charge in [-0.05, 0) is 17.9 Å². The third-order valence-corrected chi connectivity index (χ3v) is 4.80. The maximum absolute atomic E-state index is 12.5. The number of nitrogens with one attached hydrogen (secondary N) is 3. The number of amides is 1. The zero-order valence-electron chi connectivity index (χ0n) is 16.5. The minimum Gasteiger partial charge on any atom is -0.394 e. The molecule has 1 amide bonds. The molecule has 1 aromatic carbocycles. The Kier molecular flexibility index (Phi) is 10.9. The molecule has 0 aliphatic heterocycles. The molecule has 29 heavy (non-hydrogen) atoms. The highest BCUT2D eigenvalue weighted by atomic mass is 32.2. The minimum atomic E-state index is -4.05. The summed E-state index contributed by atoms with van der Waals surface area (Å²) in [4.78, 5) is 29.9. The number of carbonyl (C=O) groups excluding carboxylic acids is 2. The minimum absolute atomic E-state index is 0.0198. The smallest absolute Gasteiger partial charge is 0.264 e. The van der Waals surface area contributed by atoms with Crippen molar-refractivity contribution in [3.05, 3.63) is 35.9 Å². The molecular weight excluding hydrogens is 402 g/mol. The van der Waals surface area contributed by atoms with Crippen LogP contribution in [0.25, 0.3) is 0 Å². The Hall–Kier alpha value is -1.89. The second-order valence-corrected chi connectivity index (χ2v) is 8.40. The average molecular weight is 432 g/mol. The van der Waals surface area contributed by atoms with Gasteiger partial charge < -0.3 is 10.4 Å². The molecule has 164 valence electrons. The van der Waals surface area contributed by atoms with Crippen LogP contribution in [0.3, 0.4) is 0 Å². The van der Waals surface area contributed by atoms with Crippen molar-refractivity contribution in [3.8, 4) is 0 Å². The standard InChI is InChI=1S/C18H29N3O7S/c1-13(2)17(20-21-28-9-6-10-29(25,26)27)18(24)19-15(12-22)16(23)11-14-7-4-3-5-8-14/h3-5,7-8,13,15,17,20-22H,6,9-12H2,1-2H3,(H,19,24)(H,25,26,27)/t15-,17?/m0/s1. The highest BCUT2D eigenvalue weighted by Crippen LogP contribution is 2.05. The fraction of sp³-hybridized carbons (Fsp3) is 0.556. The lowest BCUT2D eigenvalue weighted by molar-refractivity contribution is -0.131. The van der Waals surface area contributed by atoms with Gasteiger partial charge in [0.15, 0.2) is 5.78 Å². The molecule has 1 rings (SSSR count). The molecule has 0 radical (unpaired) electrons. The van der Waals surface area contributed by atoms with Crippen molar-refractivity contribution >= 4 is 21.8 Å². The van der Waals surface area contributed by atoms with Gasteiger partial charge in [-0.2, -0.15) is 8.42 Å². The van der Waals surface area contributed by atoms with Gasteiger partial charge in [-0.15, -0.1) is 5.59 Å². The van der Waals surface area contributed by atoms with E-state index in [2.05, 4.69) is 16.3 Å². The summed E-state index contributed by atoms with van der Waals surface area (Å²) in [5.41, 5.74) is 5.79. The van der Waals surface area contributed by atoms with E-state index >= 15 is 0 Å². The quantitative estimate of drug-likeness (QED) is 0.150. The molecule has 10 nitrogen and oxygen atoms in total. The number of hydrazine groups is 1. The Morgan fingerprint density at radius 3 is 2.38 bits per heavy atom. The van der Waals surface area contributed by atoms with E-state index in [0.717, 1.165) is 5.56 Å². The molecule has 0 fully saturated rings. The summed E-state index contributed by atoms with van der Waals surface area (Å²) < 4.78 is 29.9. The third-order valence-electron chi connectivity index (χ3n) is 3.99. The van der Waals surface area contributed by atoms with Gasteiger partial charge in [0.2, 0.25) is 5.91 Å². The summed E-state index contributed by atoms with van der Waals surface area (Å²) in [6, 6.07) is 7.18. The van der Waals surface area contributed by atoms with Crippen LogP contribution in [0.15, 0.2) is 30.3 Å². The van der Waals surface area contributed by atoms with E-state index in [1.165, 1.54) is 0 Å². The van der Waals surface area contributed by atoms with Gasteiger partial charge >= 0.3 is 0 Å². The van der Waals surface area contributed by atoms with E-state index in [1.807, 2.05) is 6.07 Å². The topological polar surface area (TPSA) is 154 Å². The summed E-state index contributed by atoms with van der Waals surface area (Å²) >= 11 is 0. The van der Waals surface area contributed by atoms with Gasteiger partial charge in [-0.25, -0.2) is 5.43 Å². The molecule has 0 heterocycles. The SMILES string of the molecule is CC(C)C(NNOCCCS(=O)(=O)O)C(=O)N[C@@H](CO)C(=O)Cc1ccccc1.